The van der Waals surface area contributed by atoms with Gasteiger partial charge in [-0.2, -0.15) is 5.10 Å². The highest BCUT2D eigenvalue weighted by Gasteiger charge is 2.38. The zero-order valence-corrected chi connectivity index (χ0v) is 9.45. The van der Waals surface area contributed by atoms with E-state index in [0.29, 0.717) is 12.5 Å². The number of aryl methyl sites for hydroxylation is 2. The molecular weight excluding hydrogens is 190 g/mol. The lowest BCUT2D eigenvalue weighted by Gasteiger charge is -2.00. The molecule has 2 atom stereocenters. The number of nitrogens with zero attached hydrogens (tertiary/aromatic N) is 2. The fourth-order valence-corrected chi connectivity index (χ4v) is 1.72. The number of hydrogen-bond donors (Lipinski definition) is 1. The molecule has 1 aliphatic rings. The molecule has 0 aliphatic heterocycles. The number of amides is 1. The highest BCUT2D eigenvalue weighted by atomic mass is 16.2. The van der Waals surface area contributed by atoms with Crippen molar-refractivity contribution in [1.82, 2.24) is 15.1 Å². The molecule has 0 spiro atoms. The summed E-state index contributed by atoms with van der Waals surface area (Å²) in [4.78, 5) is 11.5. The van der Waals surface area contributed by atoms with Crippen LogP contribution in [0.4, 0.5) is 0 Å². The summed E-state index contributed by atoms with van der Waals surface area (Å²) in [6.07, 6.45) is 1.03. The van der Waals surface area contributed by atoms with E-state index in [-0.39, 0.29) is 11.8 Å². The number of aromatic nitrogens is 2. The fraction of sp³-hybridized carbons (Fsp3) is 0.636. The SMILES string of the molecule is Cc1cc(CNC(=O)[C@@H]2C[C@@H]2C)nn1C. The summed E-state index contributed by atoms with van der Waals surface area (Å²) in [6.45, 7) is 4.65. The van der Waals surface area contributed by atoms with Gasteiger partial charge >= 0.3 is 0 Å². The molecule has 4 heteroatoms. The molecule has 1 aromatic rings. The number of nitrogens with one attached hydrogen (secondary N) is 1. The van der Waals surface area contributed by atoms with Crippen LogP contribution in [-0.2, 0) is 18.4 Å². The third-order valence-corrected chi connectivity index (χ3v) is 3.05. The van der Waals surface area contributed by atoms with Crippen molar-refractivity contribution in [2.75, 3.05) is 0 Å². The van der Waals surface area contributed by atoms with Crippen LogP contribution in [-0.4, -0.2) is 15.7 Å². The summed E-state index contributed by atoms with van der Waals surface area (Å²) in [5, 5.41) is 7.20. The molecular formula is C11H17N3O. The number of rotatable bonds is 3. The molecule has 1 amide bonds. The summed E-state index contributed by atoms with van der Waals surface area (Å²) in [5.74, 6) is 0.982. The lowest BCUT2D eigenvalue weighted by Crippen LogP contribution is -2.25. The predicted octanol–water partition coefficient (Wildman–Crippen LogP) is 1.00. The molecule has 1 N–H and O–H groups in total. The Morgan fingerprint density at radius 3 is 2.87 bits per heavy atom. The maximum Gasteiger partial charge on any atom is 0.223 e. The maximum absolute atomic E-state index is 11.5. The second-order valence-electron chi connectivity index (χ2n) is 4.44. The zero-order chi connectivity index (χ0) is 11.0. The van der Waals surface area contributed by atoms with Gasteiger partial charge in [0.15, 0.2) is 0 Å². The van der Waals surface area contributed by atoms with Gasteiger partial charge in [-0.3, -0.25) is 9.48 Å². The molecule has 1 saturated carbocycles. The first kappa shape index (κ1) is 10.2. The van der Waals surface area contributed by atoms with Gasteiger partial charge in [0.25, 0.3) is 0 Å². The Bertz CT molecular complexity index is 364. The second kappa shape index (κ2) is 3.68. The van der Waals surface area contributed by atoms with Crippen LogP contribution >= 0.6 is 0 Å². The number of hydrogen-bond acceptors (Lipinski definition) is 2. The largest absolute Gasteiger partial charge is 0.350 e. The second-order valence-corrected chi connectivity index (χ2v) is 4.44. The minimum absolute atomic E-state index is 0.172. The maximum atomic E-state index is 11.5. The van der Waals surface area contributed by atoms with Gasteiger partial charge in [-0.05, 0) is 25.3 Å². The van der Waals surface area contributed by atoms with Crippen molar-refractivity contribution in [2.45, 2.75) is 26.8 Å². The Labute approximate surface area is 89.7 Å². The lowest BCUT2D eigenvalue weighted by molar-refractivity contribution is -0.122. The Morgan fingerprint density at radius 2 is 2.40 bits per heavy atom. The predicted molar refractivity (Wildman–Crippen MR) is 57.1 cm³/mol. The molecule has 0 bridgehead atoms. The molecule has 0 unspecified atom stereocenters. The van der Waals surface area contributed by atoms with Gasteiger partial charge in [-0.25, -0.2) is 0 Å². The van der Waals surface area contributed by atoms with Crippen molar-refractivity contribution in [3.63, 3.8) is 0 Å². The van der Waals surface area contributed by atoms with E-state index >= 15 is 0 Å². The van der Waals surface area contributed by atoms with Gasteiger partial charge in [0, 0.05) is 18.7 Å². The van der Waals surface area contributed by atoms with Crippen molar-refractivity contribution in [3.05, 3.63) is 17.5 Å². The molecule has 1 fully saturated rings. The van der Waals surface area contributed by atoms with Crippen LogP contribution in [0, 0.1) is 18.8 Å². The monoisotopic (exact) mass is 207 g/mol. The van der Waals surface area contributed by atoms with Gasteiger partial charge in [0.1, 0.15) is 0 Å². The van der Waals surface area contributed by atoms with E-state index in [1.807, 2.05) is 24.7 Å². The first-order valence-corrected chi connectivity index (χ1v) is 5.35. The quantitative estimate of drug-likeness (QED) is 0.803. The van der Waals surface area contributed by atoms with Crippen LogP contribution in [0.5, 0.6) is 0 Å². The minimum atomic E-state index is 0.172. The van der Waals surface area contributed by atoms with Crippen LogP contribution in [0.2, 0.25) is 0 Å². The van der Waals surface area contributed by atoms with Gasteiger partial charge in [0.05, 0.1) is 12.2 Å². The standard InChI is InChI=1S/C11H17N3O/c1-7-4-10(7)11(15)12-6-9-5-8(2)14(3)13-9/h5,7,10H,4,6H2,1-3H3,(H,12,15)/t7-,10+/m0/s1. The average Bonchev–Trinajstić information content (AvgIpc) is 2.82. The third kappa shape index (κ3) is 2.19. The summed E-state index contributed by atoms with van der Waals surface area (Å²) in [7, 11) is 1.91. The Hall–Kier alpha value is -1.32. The normalized spacial score (nSPS) is 23.9. The molecule has 4 nitrogen and oxygen atoms in total. The van der Waals surface area contributed by atoms with E-state index in [0.717, 1.165) is 17.8 Å². The Balaban J connectivity index is 1.85. The van der Waals surface area contributed by atoms with E-state index in [1.54, 1.807) is 0 Å². The minimum Gasteiger partial charge on any atom is -0.350 e. The van der Waals surface area contributed by atoms with Gasteiger partial charge in [-0.1, -0.05) is 6.92 Å². The van der Waals surface area contributed by atoms with Crippen LogP contribution in [0.1, 0.15) is 24.7 Å². The lowest BCUT2D eigenvalue weighted by atomic mass is 10.3. The Kier molecular flexibility index (Phi) is 2.50. The van der Waals surface area contributed by atoms with Crippen LogP contribution in [0.3, 0.4) is 0 Å². The van der Waals surface area contributed by atoms with Crippen molar-refractivity contribution >= 4 is 5.91 Å². The van der Waals surface area contributed by atoms with Crippen LogP contribution in [0.25, 0.3) is 0 Å². The van der Waals surface area contributed by atoms with Crippen LogP contribution in [0.15, 0.2) is 6.07 Å². The summed E-state index contributed by atoms with van der Waals surface area (Å²) >= 11 is 0. The number of carbonyl (C=O) groups is 1. The van der Waals surface area contributed by atoms with E-state index < -0.39 is 0 Å². The molecule has 1 aromatic heterocycles. The zero-order valence-electron chi connectivity index (χ0n) is 9.45. The highest BCUT2D eigenvalue weighted by Crippen LogP contribution is 2.37. The molecule has 1 heterocycles. The van der Waals surface area contributed by atoms with Crippen molar-refractivity contribution < 1.29 is 4.79 Å². The third-order valence-electron chi connectivity index (χ3n) is 3.05. The Morgan fingerprint density at radius 1 is 1.73 bits per heavy atom. The van der Waals surface area contributed by atoms with E-state index in [9.17, 15) is 4.79 Å². The van der Waals surface area contributed by atoms with E-state index in [2.05, 4.69) is 17.3 Å². The number of carbonyl (C=O) groups excluding carboxylic acids is 1. The van der Waals surface area contributed by atoms with Gasteiger partial charge < -0.3 is 5.32 Å². The molecule has 0 radical (unpaired) electrons. The highest BCUT2D eigenvalue weighted by molar-refractivity contribution is 5.81. The molecule has 0 aromatic carbocycles. The first-order chi connectivity index (χ1) is 7.08. The van der Waals surface area contributed by atoms with Gasteiger partial charge in [0.2, 0.25) is 5.91 Å². The van der Waals surface area contributed by atoms with Crippen molar-refractivity contribution in [2.24, 2.45) is 18.9 Å². The summed E-state index contributed by atoms with van der Waals surface area (Å²) in [6, 6.07) is 2.00. The average molecular weight is 207 g/mol. The molecule has 15 heavy (non-hydrogen) atoms. The van der Waals surface area contributed by atoms with Crippen molar-refractivity contribution in [3.8, 4) is 0 Å². The summed E-state index contributed by atoms with van der Waals surface area (Å²) < 4.78 is 1.82. The molecule has 0 saturated heterocycles. The first-order valence-electron chi connectivity index (χ1n) is 5.35. The summed E-state index contributed by atoms with van der Waals surface area (Å²) in [5.41, 5.74) is 2.04. The van der Waals surface area contributed by atoms with E-state index in [1.165, 1.54) is 0 Å². The molecule has 2 rings (SSSR count). The fourth-order valence-electron chi connectivity index (χ4n) is 1.72. The van der Waals surface area contributed by atoms with Crippen molar-refractivity contribution in [1.29, 1.82) is 0 Å². The smallest absolute Gasteiger partial charge is 0.223 e. The molecule has 1 aliphatic carbocycles. The van der Waals surface area contributed by atoms with E-state index in [4.69, 9.17) is 0 Å². The van der Waals surface area contributed by atoms with Gasteiger partial charge in [-0.15, -0.1) is 0 Å². The topological polar surface area (TPSA) is 46.9 Å². The molecule has 82 valence electrons. The van der Waals surface area contributed by atoms with Crippen LogP contribution < -0.4 is 5.32 Å².